The number of hydrogen-bond acceptors (Lipinski definition) is 7. The lowest BCUT2D eigenvalue weighted by Gasteiger charge is -2.11. The zero-order valence-corrected chi connectivity index (χ0v) is 19.5. The van der Waals surface area contributed by atoms with Gasteiger partial charge < -0.3 is 10.1 Å². The van der Waals surface area contributed by atoms with Crippen molar-refractivity contribution < 1.29 is 22.7 Å². The van der Waals surface area contributed by atoms with Crippen molar-refractivity contribution in [1.29, 1.82) is 0 Å². The number of anilines is 1. The summed E-state index contributed by atoms with van der Waals surface area (Å²) in [5.74, 6) is -0.706. The van der Waals surface area contributed by atoms with Crippen molar-refractivity contribution in [3.05, 3.63) is 82.9 Å². The molecular formula is C22H16ClF3N6O2S. The number of carbonyl (C=O) groups is 1. The number of rotatable bonds is 7. The van der Waals surface area contributed by atoms with Gasteiger partial charge in [0.2, 0.25) is 0 Å². The molecule has 0 fully saturated rings. The van der Waals surface area contributed by atoms with E-state index in [2.05, 4.69) is 30.3 Å². The maximum absolute atomic E-state index is 13.1. The smallest absolute Gasteiger partial charge is 0.406 e. The Labute approximate surface area is 206 Å². The SMILES string of the molecule is Cc1ccc(Cl)cc1NC(=O)c1nnn(-c2ccc(OC(F)(F)F)cc2)c1CSc1ncccn1. The second-order valence-electron chi connectivity index (χ2n) is 7.07. The van der Waals surface area contributed by atoms with Crippen LogP contribution in [0, 0.1) is 6.92 Å². The number of thioether (sulfide) groups is 1. The molecule has 2 aromatic carbocycles. The molecule has 0 aliphatic rings. The third-order valence-electron chi connectivity index (χ3n) is 4.62. The van der Waals surface area contributed by atoms with Gasteiger partial charge in [-0.3, -0.25) is 4.79 Å². The van der Waals surface area contributed by atoms with E-state index in [0.29, 0.717) is 27.2 Å². The average Bonchev–Trinajstić information content (AvgIpc) is 3.24. The van der Waals surface area contributed by atoms with Crippen LogP contribution in [0.1, 0.15) is 21.7 Å². The predicted molar refractivity (Wildman–Crippen MR) is 124 cm³/mol. The van der Waals surface area contributed by atoms with E-state index in [1.54, 1.807) is 36.7 Å². The van der Waals surface area contributed by atoms with Gasteiger partial charge in [0.25, 0.3) is 5.91 Å². The van der Waals surface area contributed by atoms with E-state index in [1.165, 1.54) is 28.6 Å². The standard InChI is InChI=1S/C22H16ClF3N6O2S/c1-13-3-4-14(23)11-17(13)29-20(33)19-18(12-35-21-27-9-2-10-28-21)32(31-30-19)15-5-7-16(8-6-15)34-22(24,25)26/h2-11H,12H2,1H3,(H,29,33). The van der Waals surface area contributed by atoms with Crippen molar-refractivity contribution in [2.24, 2.45) is 0 Å². The van der Waals surface area contributed by atoms with Crippen LogP contribution < -0.4 is 10.1 Å². The highest BCUT2D eigenvalue weighted by Gasteiger charge is 2.31. The molecule has 0 aliphatic heterocycles. The van der Waals surface area contributed by atoms with Crippen molar-refractivity contribution in [2.75, 3.05) is 5.32 Å². The summed E-state index contributed by atoms with van der Waals surface area (Å²) in [6.07, 6.45) is -1.64. The maximum Gasteiger partial charge on any atom is 0.573 e. The van der Waals surface area contributed by atoms with Crippen LogP contribution in [-0.4, -0.2) is 37.2 Å². The Morgan fingerprint density at radius 1 is 1.14 bits per heavy atom. The molecule has 0 spiro atoms. The average molecular weight is 521 g/mol. The zero-order chi connectivity index (χ0) is 25.0. The molecule has 0 radical (unpaired) electrons. The zero-order valence-electron chi connectivity index (χ0n) is 18.0. The molecule has 4 rings (SSSR count). The summed E-state index contributed by atoms with van der Waals surface area (Å²) >= 11 is 7.29. The molecule has 35 heavy (non-hydrogen) atoms. The molecule has 1 amide bonds. The van der Waals surface area contributed by atoms with E-state index in [9.17, 15) is 18.0 Å². The molecule has 1 N–H and O–H groups in total. The number of benzene rings is 2. The second kappa shape index (κ2) is 10.3. The molecule has 2 heterocycles. The Morgan fingerprint density at radius 3 is 2.54 bits per heavy atom. The lowest BCUT2D eigenvalue weighted by molar-refractivity contribution is -0.274. The topological polar surface area (TPSA) is 94.8 Å². The number of alkyl halides is 3. The molecule has 13 heteroatoms. The fourth-order valence-corrected chi connectivity index (χ4v) is 3.97. The molecule has 0 saturated heterocycles. The van der Waals surface area contributed by atoms with Gasteiger partial charge in [0.15, 0.2) is 10.9 Å². The summed E-state index contributed by atoms with van der Waals surface area (Å²) in [7, 11) is 0. The van der Waals surface area contributed by atoms with E-state index < -0.39 is 12.3 Å². The van der Waals surface area contributed by atoms with Crippen LogP contribution in [0.5, 0.6) is 5.75 Å². The number of aromatic nitrogens is 5. The molecule has 180 valence electrons. The third-order valence-corrected chi connectivity index (χ3v) is 5.74. The lowest BCUT2D eigenvalue weighted by atomic mass is 10.2. The number of nitrogens with zero attached hydrogens (tertiary/aromatic N) is 5. The van der Waals surface area contributed by atoms with Crippen molar-refractivity contribution in [1.82, 2.24) is 25.0 Å². The Bertz CT molecular complexity index is 1330. The van der Waals surface area contributed by atoms with E-state index in [-0.39, 0.29) is 17.2 Å². The van der Waals surface area contributed by atoms with Crippen LogP contribution in [0.2, 0.25) is 5.02 Å². The molecule has 8 nitrogen and oxygen atoms in total. The van der Waals surface area contributed by atoms with Crippen molar-refractivity contribution >= 4 is 35.0 Å². The molecular weight excluding hydrogens is 505 g/mol. The molecule has 0 unspecified atom stereocenters. The van der Waals surface area contributed by atoms with Crippen LogP contribution in [-0.2, 0) is 5.75 Å². The van der Waals surface area contributed by atoms with Crippen LogP contribution in [0.4, 0.5) is 18.9 Å². The highest BCUT2D eigenvalue weighted by Crippen LogP contribution is 2.27. The number of halogens is 4. The Kier molecular flexibility index (Phi) is 7.22. The minimum Gasteiger partial charge on any atom is -0.406 e. The van der Waals surface area contributed by atoms with Gasteiger partial charge in [-0.25, -0.2) is 14.6 Å². The Morgan fingerprint density at radius 2 is 1.86 bits per heavy atom. The number of hydrogen-bond donors (Lipinski definition) is 1. The monoisotopic (exact) mass is 520 g/mol. The summed E-state index contributed by atoms with van der Waals surface area (Å²) in [6, 6.07) is 11.8. The van der Waals surface area contributed by atoms with Crippen LogP contribution in [0.3, 0.4) is 0 Å². The molecule has 0 atom stereocenters. The largest absolute Gasteiger partial charge is 0.573 e. The van der Waals surface area contributed by atoms with E-state index in [1.807, 2.05) is 6.92 Å². The van der Waals surface area contributed by atoms with Crippen molar-refractivity contribution in [3.63, 3.8) is 0 Å². The van der Waals surface area contributed by atoms with Gasteiger partial charge in [0, 0.05) is 28.9 Å². The van der Waals surface area contributed by atoms with Crippen LogP contribution in [0.25, 0.3) is 5.69 Å². The first-order chi connectivity index (χ1) is 16.7. The molecule has 2 aromatic heterocycles. The number of aryl methyl sites for hydroxylation is 1. The molecule has 0 saturated carbocycles. The van der Waals surface area contributed by atoms with Gasteiger partial charge in [-0.15, -0.1) is 18.3 Å². The first-order valence-corrected chi connectivity index (χ1v) is 11.3. The summed E-state index contributed by atoms with van der Waals surface area (Å²) < 4.78 is 42.8. The van der Waals surface area contributed by atoms with Crippen LogP contribution >= 0.6 is 23.4 Å². The predicted octanol–water partition coefficient (Wildman–Crippen LogP) is 5.46. The van der Waals surface area contributed by atoms with E-state index >= 15 is 0 Å². The van der Waals surface area contributed by atoms with Gasteiger partial charge in [-0.1, -0.05) is 34.6 Å². The summed E-state index contributed by atoms with van der Waals surface area (Å²) in [4.78, 5) is 21.4. The third kappa shape index (κ3) is 6.28. The van der Waals surface area contributed by atoms with Gasteiger partial charge in [-0.2, -0.15) is 0 Å². The fourth-order valence-electron chi connectivity index (χ4n) is 3.01. The van der Waals surface area contributed by atoms with Gasteiger partial charge in [-0.05, 0) is 55.0 Å². The highest BCUT2D eigenvalue weighted by molar-refractivity contribution is 7.98. The van der Waals surface area contributed by atoms with Crippen LogP contribution in [0.15, 0.2) is 66.1 Å². The highest BCUT2D eigenvalue weighted by atomic mass is 35.5. The Balaban J connectivity index is 1.66. The number of nitrogens with one attached hydrogen (secondary N) is 1. The summed E-state index contributed by atoms with van der Waals surface area (Å²) in [6.45, 7) is 1.82. The van der Waals surface area contributed by atoms with Gasteiger partial charge in [0.1, 0.15) is 5.75 Å². The summed E-state index contributed by atoms with van der Waals surface area (Å²) in [5.41, 5.74) is 2.11. The first-order valence-electron chi connectivity index (χ1n) is 9.98. The van der Waals surface area contributed by atoms with E-state index in [0.717, 1.165) is 17.7 Å². The van der Waals surface area contributed by atoms with E-state index in [4.69, 9.17) is 11.6 Å². The van der Waals surface area contributed by atoms with Crippen molar-refractivity contribution in [3.8, 4) is 11.4 Å². The lowest BCUT2D eigenvalue weighted by Crippen LogP contribution is -2.17. The molecule has 0 bridgehead atoms. The normalized spacial score (nSPS) is 11.3. The minimum atomic E-state index is -4.81. The minimum absolute atomic E-state index is 0.0309. The number of amides is 1. The number of carbonyl (C=O) groups excluding carboxylic acids is 1. The van der Waals surface area contributed by atoms with Gasteiger partial charge in [0.05, 0.1) is 11.4 Å². The fraction of sp³-hybridized carbons (Fsp3) is 0.136. The first kappa shape index (κ1) is 24.5. The summed E-state index contributed by atoms with van der Waals surface area (Å²) in [5, 5.41) is 11.8. The maximum atomic E-state index is 13.1. The Hall–Kier alpha value is -3.64. The molecule has 0 aliphatic carbocycles. The number of ether oxygens (including phenoxy) is 1. The second-order valence-corrected chi connectivity index (χ2v) is 8.45. The van der Waals surface area contributed by atoms with Crippen molar-refractivity contribution in [2.45, 2.75) is 24.2 Å². The van der Waals surface area contributed by atoms with Gasteiger partial charge >= 0.3 is 6.36 Å². The molecule has 4 aromatic rings. The quantitative estimate of drug-likeness (QED) is 0.255.